The number of amides is 1. The molecule has 1 aliphatic carbocycles. The fraction of sp³-hybridized carbons (Fsp3) is 0.633. The Kier molecular flexibility index (Phi) is 8.77. The van der Waals surface area contributed by atoms with Gasteiger partial charge in [-0.2, -0.15) is 0 Å². The van der Waals surface area contributed by atoms with Gasteiger partial charge in [-0.3, -0.25) is 9.59 Å². The van der Waals surface area contributed by atoms with Crippen molar-refractivity contribution in [3.63, 3.8) is 0 Å². The molecule has 2 bridgehead atoms. The lowest BCUT2D eigenvalue weighted by atomic mass is 9.75. The van der Waals surface area contributed by atoms with Gasteiger partial charge in [-0.1, -0.05) is 51.0 Å². The third-order valence-electron chi connectivity index (χ3n) is 8.75. The molecule has 0 radical (unpaired) electrons. The Bertz CT molecular complexity index is 1110. The number of hydrogen-bond acceptors (Lipinski definition) is 5. The van der Waals surface area contributed by atoms with Crippen molar-refractivity contribution in [3.8, 4) is 0 Å². The number of unbranched alkanes of at least 4 members (excludes halogenated alkanes) is 1. The van der Waals surface area contributed by atoms with Gasteiger partial charge in [0, 0.05) is 18.9 Å². The summed E-state index contributed by atoms with van der Waals surface area (Å²) < 4.78 is 26.2. The van der Waals surface area contributed by atoms with E-state index in [4.69, 9.17) is 14.3 Å². The van der Waals surface area contributed by atoms with Gasteiger partial charge in [0.2, 0.25) is 5.89 Å². The highest BCUT2D eigenvalue weighted by molar-refractivity contribution is 5.91. The molecule has 206 valence electrons. The van der Waals surface area contributed by atoms with Crippen molar-refractivity contribution in [2.45, 2.75) is 102 Å². The van der Waals surface area contributed by atoms with Gasteiger partial charge in [0.1, 0.15) is 12.1 Å². The average Bonchev–Trinajstić information content (AvgIpc) is 3.65. The monoisotopic (exact) mass is 526 g/mol. The summed E-state index contributed by atoms with van der Waals surface area (Å²) in [5.74, 6) is -0.192. The van der Waals surface area contributed by atoms with Gasteiger partial charge < -0.3 is 19.6 Å². The minimum atomic E-state index is -0.878. The second-order valence-corrected chi connectivity index (χ2v) is 11.3. The Labute approximate surface area is 223 Å². The quantitative estimate of drug-likeness (QED) is 0.338. The number of benzene rings is 1. The van der Waals surface area contributed by atoms with Crippen LogP contribution in [0.1, 0.15) is 104 Å². The van der Waals surface area contributed by atoms with Gasteiger partial charge in [-0.25, -0.2) is 9.37 Å². The molecule has 5 rings (SSSR count). The van der Waals surface area contributed by atoms with E-state index < -0.39 is 5.97 Å². The summed E-state index contributed by atoms with van der Waals surface area (Å²) in [5, 5.41) is 12.1. The normalized spacial score (nSPS) is 25.1. The molecule has 3 fully saturated rings. The number of ether oxygens (including phenoxy) is 1. The van der Waals surface area contributed by atoms with E-state index in [0.717, 1.165) is 42.7 Å². The zero-order chi connectivity index (χ0) is 26.5. The van der Waals surface area contributed by atoms with Crippen LogP contribution in [0.15, 0.2) is 28.9 Å². The molecule has 0 spiro atoms. The number of nitrogens with one attached hydrogen (secondary N) is 1. The molecule has 2 saturated heterocycles. The summed E-state index contributed by atoms with van der Waals surface area (Å²) in [6.07, 6.45) is 14.2. The number of hydrogen-bond donors (Lipinski definition) is 2. The molecular weight excluding hydrogens is 487 g/mol. The van der Waals surface area contributed by atoms with Crippen molar-refractivity contribution in [1.29, 1.82) is 0 Å². The number of rotatable bonds is 12. The summed E-state index contributed by atoms with van der Waals surface area (Å²) in [4.78, 5) is 28.4. The second-order valence-electron chi connectivity index (χ2n) is 11.3. The van der Waals surface area contributed by atoms with Gasteiger partial charge >= 0.3 is 5.97 Å². The van der Waals surface area contributed by atoms with Crippen molar-refractivity contribution < 1.29 is 28.2 Å². The van der Waals surface area contributed by atoms with Gasteiger partial charge in [-0.15, -0.1) is 0 Å². The predicted octanol–water partition coefficient (Wildman–Crippen LogP) is 5.82. The minimum Gasteiger partial charge on any atom is -0.481 e. The van der Waals surface area contributed by atoms with E-state index in [2.05, 4.69) is 10.3 Å². The molecule has 7 nitrogen and oxygen atoms in total. The summed E-state index contributed by atoms with van der Waals surface area (Å²) >= 11 is 0. The summed E-state index contributed by atoms with van der Waals surface area (Å²) in [5.41, 5.74) is 1.92. The molecule has 2 aromatic rings. The number of aromatic nitrogens is 1. The standard InChI is InChI=1S/C30H39FN2O5/c31-22-11-9-20(10-14-27(34)35)21(16-22)17-23-25-12-13-26(38-25)28(23)30-33-24(18-37-30)29(36)32-15-5-4-8-19-6-2-1-3-7-19/h9,11,16,18-19,23,25-26,28H,1-8,10,12-15,17H2,(H,32,36)(H,34,35)/t23-,25-,26?,28-/m0/s1. The van der Waals surface area contributed by atoms with Crippen LogP contribution in [0.3, 0.4) is 0 Å². The van der Waals surface area contributed by atoms with Crippen molar-refractivity contribution in [1.82, 2.24) is 10.3 Å². The average molecular weight is 527 g/mol. The van der Waals surface area contributed by atoms with E-state index in [1.165, 1.54) is 56.9 Å². The molecule has 4 atom stereocenters. The number of halogens is 1. The number of fused-ring (bicyclic) bond motifs is 2. The zero-order valence-corrected chi connectivity index (χ0v) is 22.0. The van der Waals surface area contributed by atoms with Crippen LogP contribution in [-0.2, 0) is 22.4 Å². The van der Waals surface area contributed by atoms with Crippen molar-refractivity contribution in [2.24, 2.45) is 11.8 Å². The van der Waals surface area contributed by atoms with E-state index in [-0.39, 0.29) is 47.9 Å². The number of nitrogens with zero attached hydrogens (tertiary/aromatic N) is 1. The third kappa shape index (κ3) is 6.45. The molecule has 2 aliphatic heterocycles. The van der Waals surface area contributed by atoms with Crippen molar-refractivity contribution in [3.05, 3.63) is 53.0 Å². The first-order chi connectivity index (χ1) is 18.5. The molecule has 1 aromatic carbocycles. The Morgan fingerprint density at radius 1 is 1.05 bits per heavy atom. The van der Waals surface area contributed by atoms with Crippen LogP contribution in [0.4, 0.5) is 4.39 Å². The van der Waals surface area contributed by atoms with Crippen molar-refractivity contribution >= 4 is 11.9 Å². The zero-order valence-electron chi connectivity index (χ0n) is 22.0. The third-order valence-corrected chi connectivity index (χ3v) is 8.75. The molecule has 8 heteroatoms. The summed E-state index contributed by atoms with van der Waals surface area (Å²) in [6, 6.07) is 4.56. The second kappa shape index (κ2) is 12.4. The Balaban J connectivity index is 1.19. The maximum Gasteiger partial charge on any atom is 0.303 e. The number of carbonyl (C=O) groups excluding carboxylic acids is 1. The van der Waals surface area contributed by atoms with E-state index in [1.807, 2.05) is 0 Å². The SMILES string of the molecule is O=C(O)CCc1ccc(F)cc1C[C@H]1[C@@H]2CCC(O2)[C@H]1c1nc(C(=O)NCCCCC2CCCCC2)co1. The predicted molar refractivity (Wildman–Crippen MR) is 139 cm³/mol. The number of carboxylic acid groups (broad SMARTS) is 1. The van der Waals surface area contributed by atoms with E-state index in [1.54, 1.807) is 6.07 Å². The van der Waals surface area contributed by atoms with E-state index in [0.29, 0.717) is 25.3 Å². The number of aryl methyl sites for hydroxylation is 1. The van der Waals surface area contributed by atoms with Crippen LogP contribution in [0, 0.1) is 17.7 Å². The Hall–Kier alpha value is -2.74. The fourth-order valence-electron chi connectivity index (χ4n) is 6.77. The number of oxazole rings is 1. The summed E-state index contributed by atoms with van der Waals surface area (Å²) in [6.45, 7) is 0.631. The number of aliphatic carboxylic acids is 1. The lowest BCUT2D eigenvalue weighted by Crippen LogP contribution is -2.28. The topological polar surface area (TPSA) is 102 Å². The highest BCUT2D eigenvalue weighted by Crippen LogP contribution is 2.50. The Morgan fingerprint density at radius 2 is 1.87 bits per heavy atom. The molecule has 3 heterocycles. The molecular formula is C30H39FN2O5. The Morgan fingerprint density at radius 3 is 2.68 bits per heavy atom. The molecule has 38 heavy (non-hydrogen) atoms. The summed E-state index contributed by atoms with van der Waals surface area (Å²) in [7, 11) is 0. The van der Waals surface area contributed by atoms with Gasteiger partial charge in [-0.05, 0) is 61.3 Å². The van der Waals surface area contributed by atoms with Crippen LogP contribution in [0.2, 0.25) is 0 Å². The smallest absolute Gasteiger partial charge is 0.303 e. The lowest BCUT2D eigenvalue weighted by molar-refractivity contribution is -0.136. The van der Waals surface area contributed by atoms with Crippen LogP contribution in [0.5, 0.6) is 0 Å². The first-order valence-corrected chi connectivity index (χ1v) is 14.4. The van der Waals surface area contributed by atoms with Crippen molar-refractivity contribution in [2.75, 3.05) is 6.54 Å². The minimum absolute atomic E-state index is 0.00588. The van der Waals surface area contributed by atoms with Gasteiger partial charge in [0.05, 0.1) is 18.1 Å². The van der Waals surface area contributed by atoms with Crippen LogP contribution in [0.25, 0.3) is 0 Å². The van der Waals surface area contributed by atoms with Crippen LogP contribution < -0.4 is 5.32 Å². The molecule has 3 aliphatic rings. The lowest BCUT2D eigenvalue weighted by Gasteiger charge is -2.26. The molecule has 1 aromatic heterocycles. The van der Waals surface area contributed by atoms with E-state index in [9.17, 15) is 14.0 Å². The molecule has 1 unspecified atom stereocenters. The number of carboxylic acids is 1. The molecule has 1 amide bonds. The highest BCUT2D eigenvalue weighted by atomic mass is 19.1. The van der Waals surface area contributed by atoms with E-state index >= 15 is 0 Å². The molecule has 1 saturated carbocycles. The molecule has 2 N–H and O–H groups in total. The largest absolute Gasteiger partial charge is 0.481 e. The van der Waals surface area contributed by atoms with Crippen LogP contribution >= 0.6 is 0 Å². The first-order valence-electron chi connectivity index (χ1n) is 14.4. The maximum atomic E-state index is 14.1. The fourth-order valence-corrected chi connectivity index (χ4v) is 6.77. The first kappa shape index (κ1) is 26.9. The maximum absolute atomic E-state index is 14.1. The van der Waals surface area contributed by atoms with Gasteiger partial charge in [0.25, 0.3) is 5.91 Å². The number of carbonyl (C=O) groups is 2. The van der Waals surface area contributed by atoms with Crippen LogP contribution in [-0.4, -0.2) is 40.7 Å². The van der Waals surface area contributed by atoms with Gasteiger partial charge in [0.15, 0.2) is 5.69 Å². The highest BCUT2D eigenvalue weighted by Gasteiger charge is 2.51.